The summed E-state index contributed by atoms with van der Waals surface area (Å²) in [5.41, 5.74) is 0. The number of hydrogen-bond donors (Lipinski definition) is 4. The molecule has 7 nitrogen and oxygen atoms in total. The third-order valence-corrected chi connectivity index (χ3v) is 1.91. The third-order valence-electron chi connectivity index (χ3n) is 0.213. The van der Waals surface area contributed by atoms with E-state index in [-0.39, 0.29) is 317 Å². The van der Waals surface area contributed by atoms with Gasteiger partial charge in [-0.2, -0.15) is 4.31 Å². The molecule has 0 saturated heterocycles. The van der Waals surface area contributed by atoms with Gasteiger partial charge < -0.3 is 28.1 Å². The smallest absolute Gasteiger partial charge is 1.00 e. The Labute approximate surface area is 352 Å². The van der Waals surface area contributed by atoms with Gasteiger partial charge in [-0.15, -0.1) is 0 Å². The molecule has 68 valence electrons. The Morgan fingerprint density at radius 1 is 0.667 bits per heavy atom. The SMILES string of the molecule is O=P(O)(O)OP(=O)(O)O.[H-].[H-].[H-].[H-].[H-].[H-].[K+].[K+].[K+].[K+].[K+].[K+]. The molecule has 0 aliphatic heterocycles. The zero-order valence-corrected chi connectivity index (χ0v) is 30.4. The molecule has 0 amide bonds. The molecule has 0 bridgehead atoms. The molecule has 0 aliphatic rings. The topological polar surface area (TPSA) is 124 Å². The van der Waals surface area contributed by atoms with Gasteiger partial charge in [0.2, 0.25) is 0 Å². The van der Waals surface area contributed by atoms with Gasteiger partial charge >= 0.3 is 324 Å². The van der Waals surface area contributed by atoms with Crippen molar-refractivity contribution in [1.29, 1.82) is 0 Å². The van der Waals surface area contributed by atoms with E-state index in [0.717, 1.165) is 0 Å². The van der Waals surface area contributed by atoms with Gasteiger partial charge in [0, 0.05) is 0 Å². The van der Waals surface area contributed by atoms with Crippen LogP contribution in [0.2, 0.25) is 0 Å². The van der Waals surface area contributed by atoms with Crippen LogP contribution in [0.5, 0.6) is 0 Å². The van der Waals surface area contributed by atoms with E-state index >= 15 is 0 Å². The van der Waals surface area contributed by atoms with Gasteiger partial charge in [-0.25, -0.2) is 9.13 Å². The normalized spacial score (nSPS) is 8.27. The van der Waals surface area contributed by atoms with Crippen LogP contribution in [0.1, 0.15) is 8.56 Å². The minimum atomic E-state index is -5.05. The average Bonchev–Trinajstić information content (AvgIpc) is 1.14. The minimum Gasteiger partial charge on any atom is -1.00 e. The maximum Gasteiger partial charge on any atom is 1.00 e. The molecule has 15 heavy (non-hydrogen) atoms. The number of rotatable bonds is 2. The van der Waals surface area contributed by atoms with E-state index < -0.39 is 15.6 Å². The van der Waals surface area contributed by atoms with Crippen LogP contribution in [-0.4, -0.2) is 19.6 Å². The molecule has 0 radical (unpaired) electrons. The quantitative estimate of drug-likeness (QED) is 0.259. The minimum absolute atomic E-state index is 0. The molecule has 0 heterocycles. The second kappa shape index (κ2) is 24.1. The fraction of sp³-hybridized carbons (Fsp3) is 0. The summed E-state index contributed by atoms with van der Waals surface area (Å²) in [5, 5.41) is 0. The first-order valence-electron chi connectivity index (χ1n) is 1.53. The van der Waals surface area contributed by atoms with Crippen molar-refractivity contribution in [2.45, 2.75) is 0 Å². The summed E-state index contributed by atoms with van der Waals surface area (Å²) in [7, 11) is -10.1. The third kappa shape index (κ3) is 45.4. The van der Waals surface area contributed by atoms with Crippen LogP contribution in [0.4, 0.5) is 0 Å². The zero-order valence-electron chi connectivity index (χ0n) is 15.9. The summed E-state index contributed by atoms with van der Waals surface area (Å²) >= 11 is 0. The Bertz CT molecular complexity index is 180. The Hall–Kier alpha value is 10.1. The van der Waals surface area contributed by atoms with E-state index in [1.807, 2.05) is 0 Å². The zero-order chi connectivity index (χ0) is 7.71. The summed E-state index contributed by atoms with van der Waals surface area (Å²) in [4.78, 5) is 31.0. The molecule has 0 aromatic heterocycles. The van der Waals surface area contributed by atoms with Crippen molar-refractivity contribution in [3.8, 4) is 0 Å². The Morgan fingerprint density at radius 3 is 0.800 bits per heavy atom. The van der Waals surface area contributed by atoms with E-state index in [4.69, 9.17) is 19.6 Å². The van der Waals surface area contributed by atoms with E-state index in [2.05, 4.69) is 4.31 Å². The molecule has 4 N–H and O–H groups in total. The van der Waals surface area contributed by atoms with E-state index in [0.29, 0.717) is 0 Å². The van der Waals surface area contributed by atoms with Gasteiger partial charge in [-0.3, -0.25) is 0 Å². The average molecular weight is 419 g/mol. The molecule has 0 aliphatic carbocycles. The summed E-state index contributed by atoms with van der Waals surface area (Å²) < 4.78 is 22.2. The Kier molecular flexibility index (Phi) is 71.4. The molecule has 0 unspecified atom stereocenters. The maximum absolute atomic E-state index is 9.63. The molecular weight excluding hydrogens is 409 g/mol. The molecular formula is H10K6O7P2. The van der Waals surface area contributed by atoms with E-state index in [9.17, 15) is 9.13 Å². The first-order valence-corrected chi connectivity index (χ1v) is 4.59. The van der Waals surface area contributed by atoms with Crippen molar-refractivity contribution in [2.75, 3.05) is 0 Å². The summed E-state index contributed by atoms with van der Waals surface area (Å²) in [5.74, 6) is 0. The van der Waals surface area contributed by atoms with Gasteiger partial charge in [0.1, 0.15) is 0 Å². The second-order valence-electron chi connectivity index (χ2n) is 1.06. The van der Waals surface area contributed by atoms with Gasteiger partial charge in [0.05, 0.1) is 0 Å². The number of phosphoric acid groups is 2. The molecule has 0 saturated carbocycles. The monoisotopic (exact) mass is 418 g/mol. The van der Waals surface area contributed by atoms with Gasteiger partial charge in [0.25, 0.3) is 0 Å². The fourth-order valence-electron chi connectivity index (χ4n) is 0.139. The molecule has 0 rings (SSSR count). The van der Waals surface area contributed by atoms with E-state index in [1.54, 1.807) is 0 Å². The molecule has 0 atom stereocenters. The molecule has 0 aromatic carbocycles. The summed E-state index contributed by atoms with van der Waals surface area (Å²) in [6.07, 6.45) is 0. The fourth-order valence-corrected chi connectivity index (χ4v) is 1.25. The van der Waals surface area contributed by atoms with Gasteiger partial charge in [-0.1, -0.05) is 0 Å². The van der Waals surface area contributed by atoms with Crippen LogP contribution < -0.4 is 308 Å². The largest absolute Gasteiger partial charge is 1.00 e. The van der Waals surface area contributed by atoms with Crippen molar-refractivity contribution in [2.24, 2.45) is 0 Å². The Balaban J connectivity index is -0.00000000485. The molecule has 15 heteroatoms. The van der Waals surface area contributed by atoms with Crippen LogP contribution >= 0.6 is 15.6 Å². The van der Waals surface area contributed by atoms with Crippen LogP contribution in [0.15, 0.2) is 0 Å². The van der Waals surface area contributed by atoms with Crippen LogP contribution in [0.25, 0.3) is 0 Å². The summed E-state index contributed by atoms with van der Waals surface area (Å²) in [6.45, 7) is 0. The van der Waals surface area contributed by atoms with Crippen molar-refractivity contribution in [1.82, 2.24) is 0 Å². The van der Waals surface area contributed by atoms with Crippen LogP contribution in [0, 0.1) is 0 Å². The van der Waals surface area contributed by atoms with Crippen LogP contribution in [0.3, 0.4) is 0 Å². The second-order valence-corrected chi connectivity index (χ2v) is 3.68. The summed E-state index contributed by atoms with van der Waals surface area (Å²) in [6, 6.07) is 0. The van der Waals surface area contributed by atoms with Gasteiger partial charge in [0.15, 0.2) is 0 Å². The first-order chi connectivity index (χ1) is 3.71. The predicted molar refractivity (Wildman–Crippen MR) is 31.8 cm³/mol. The van der Waals surface area contributed by atoms with Crippen molar-refractivity contribution < 1.29 is 350 Å². The van der Waals surface area contributed by atoms with Crippen molar-refractivity contribution in [3.63, 3.8) is 0 Å². The first kappa shape index (κ1) is 44.5. The standard InChI is InChI=1S/6K.H4O7P2.6H/c;;;;;;1-8(2,3)7-9(4,5)6;;;;;;/h;;;;;;(H2,1,2,3)(H2,4,5,6);;;;;;/q6*+1;;6*-1. The molecule has 0 fully saturated rings. The Morgan fingerprint density at radius 2 is 0.800 bits per heavy atom. The molecule has 0 spiro atoms. The van der Waals surface area contributed by atoms with E-state index in [1.165, 1.54) is 0 Å². The van der Waals surface area contributed by atoms with Crippen molar-refractivity contribution >= 4 is 15.6 Å². The number of hydrogen-bond acceptors (Lipinski definition) is 3. The molecule has 0 aromatic rings. The van der Waals surface area contributed by atoms with Crippen molar-refractivity contribution in [3.05, 3.63) is 0 Å². The van der Waals surface area contributed by atoms with Gasteiger partial charge in [-0.05, 0) is 0 Å². The maximum atomic E-state index is 9.63. The van der Waals surface area contributed by atoms with Crippen LogP contribution in [-0.2, 0) is 13.4 Å². The predicted octanol–water partition coefficient (Wildman–Crippen LogP) is -18.1.